The van der Waals surface area contributed by atoms with Gasteiger partial charge in [0.2, 0.25) is 10.0 Å². The minimum Gasteiger partial charge on any atom is -0.281 e. The number of hydrogen-bond acceptors (Lipinski definition) is 3. The van der Waals surface area contributed by atoms with Gasteiger partial charge in [-0.05, 0) is 31.4 Å². The second-order valence-corrected chi connectivity index (χ2v) is 7.18. The van der Waals surface area contributed by atoms with Gasteiger partial charge in [0.1, 0.15) is 4.90 Å². The highest BCUT2D eigenvalue weighted by Gasteiger charge is 2.26. The summed E-state index contributed by atoms with van der Waals surface area (Å²) in [5, 5.41) is 6.68. The second kappa shape index (κ2) is 5.99. The summed E-state index contributed by atoms with van der Waals surface area (Å²) in [5.41, 5.74) is 3.28. The normalized spacial score (nSPS) is 12.0. The maximum atomic E-state index is 12.6. The zero-order valence-corrected chi connectivity index (χ0v) is 13.7. The van der Waals surface area contributed by atoms with Gasteiger partial charge < -0.3 is 0 Å². The Labute approximate surface area is 126 Å². The zero-order chi connectivity index (χ0) is 15.6. The lowest BCUT2D eigenvalue weighted by Gasteiger charge is -2.17. The molecule has 2 aromatic rings. The third-order valence-electron chi connectivity index (χ3n) is 3.57. The van der Waals surface area contributed by atoms with Gasteiger partial charge in [0.15, 0.2) is 0 Å². The first-order valence-electron chi connectivity index (χ1n) is 6.92. The Kier molecular flexibility index (Phi) is 4.49. The minimum absolute atomic E-state index is 0.273. The summed E-state index contributed by atoms with van der Waals surface area (Å²) in [6.45, 7) is 5.85. The van der Waals surface area contributed by atoms with Crippen LogP contribution in [0.2, 0.25) is 0 Å². The first kappa shape index (κ1) is 15.7. The van der Waals surface area contributed by atoms with Crippen LogP contribution in [0.3, 0.4) is 0 Å². The summed E-state index contributed by atoms with van der Waals surface area (Å²) in [6, 6.07) is 8.01. The van der Waals surface area contributed by atoms with Crippen LogP contribution in [0.25, 0.3) is 0 Å². The molecule has 21 heavy (non-hydrogen) atoms. The average Bonchev–Trinajstić information content (AvgIpc) is 2.79. The number of H-pyrrole nitrogens is 1. The second-order valence-electron chi connectivity index (χ2n) is 5.19. The molecule has 0 bridgehead atoms. The third kappa shape index (κ3) is 3.16. The first-order valence-corrected chi connectivity index (χ1v) is 8.36. The van der Waals surface area contributed by atoms with Crippen molar-refractivity contribution < 1.29 is 8.42 Å². The number of sulfonamides is 1. The molecule has 0 aliphatic carbocycles. The Balaban J connectivity index is 2.24. The van der Waals surface area contributed by atoms with Crippen molar-refractivity contribution in [2.24, 2.45) is 0 Å². The van der Waals surface area contributed by atoms with Gasteiger partial charge >= 0.3 is 0 Å². The van der Waals surface area contributed by atoms with Crippen LogP contribution in [0, 0.1) is 13.8 Å². The number of aryl methyl sites for hydroxylation is 3. The molecule has 1 aromatic carbocycles. The summed E-state index contributed by atoms with van der Waals surface area (Å²) in [6.07, 6.45) is 0.974. The van der Waals surface area contributed by atoms with Crippen molar-refractivity contribution in [1.29, 1.82) is 0 Å². The summed E-state index contributed by atoms with van der Waals surface area (Å²) >= 11 is 0. The first-order chi connectivity index (χ1) is 9.86. The van der Waals surface area contributed by atoms with E-state index in [2.05, 4.69) is 17.1 Å². The number of benzene rings is 1. The average molecular weight is 307 g/mol. The van der Waals surface area contributed by atoms with Crippen molar-refractivity contribution in [2.75, 3.05) is 7.05 Å². The van der Waals surface area contributed by atoms with Crippen molar-refractivity contribution >= 4 is 10.0 Å². The molecule has 1 N–H and O–H groups in total. The Morgan fingerprint density at radius 3 is 2.19 bits per heavy atom. The van der Waals surface area contributed by atoms with E-state index in [-0.39, 0.29) is 4.90 Å². The highest BCUT2D eigenvalue weighted by Crippen LogP contribution is 2.22. The van der Waals surface area contributed by atoms with E-state index in [9.17, 15) is 8.42 Å². The molecule has 0 spiro atoms. The zero-order valence-electron chi connectivity index (χ0n) is 12.8. The third-order valence-corrected chi connectivity index (χ3v) is 5.63. The molecule has 1 aromatic heterocycles. The predicted molar refractivity (Wildman–Crippen MR) is 82.5 cm³/mol. The van der Waals surface area contributed by atoms with Crippen LogP contribution in [0.15, 0.2) is 29.2 Å². The minimum atomic E-state index is -3.53. The van der Waals surface area contributed by atoms with Crippen LogP contribution in [0.1, 0.15) is 29.4 Å². The van der Waals surface area contributed by atoms with E-state index in [1.165, 1.54) is 9.87 Å². The van der Waals surface area contributed by atoms with E-state index in [0.717, 1.165) is 12.0 Å². The number of nitrogens with zero attached hydrogens (tertiary/aromatic N) is 2. The standard InChI is InChI=1S/C15H21N3O2S/c1-5-13-6-8-14(9-7-13)10-18(4)21(19,20)15-11(2)16-17-12(15)3/h6-9H,5,10H2,1-4H3,(H,16,17). The predicted octanol–water partition coefficient (Wildman–Crippen LogP) is 2.41. The van der Waals surface area contributed by atoms with E-state index in [0.29, 0.717) is 17.9 Å². The van der Waals surface area contributed by atoms with Gasteiger partial charge in [-0.25, -0.2) is 8.42 Å². The fourth-order valence-electron chi connectivity index (χ4n) is 2.30. The van der Waals surface area contributed by atoms with Crippen LogP contribution in [-0.2, 0) is 23.0 Å². The lowest BCUT2D eigenvalue weighted by molar-refractivity contribution is 0.466. The molecule has 114 valence electrons. The smallest absolute Gasteiger partial charge is 0.246 e. The number of aromatic nitrogens is 2. The molecule has 0 unspecified atom stereocenters. The molecule has 1 heterocycles. The van der Waals surface area contributed by atoms with E-state index < -0.39 is 10.0 Å². The highest BCUT2D eigenvalue weighted by atomic mass is 32.2. The quantitative estimate of drug-likeness (QED) is 0.922. The highest BCUT2D eigenvalue weighted by molar-refractivity contribution is 7.89. The Morgan fingerprint density at radius 1 is 1.14 bits per heavy atom. The molecule has 0 atom stereocenters. The molecule has 5 nitrogen and oxygen atoms in total. The van der Waals surface area contributed by atoms with Gasteiger partial charge in [0.25, 0.3) is 0 Å². The monoisotopic (exact) mass is 307 g/mol. The van der Waals surface area contributed by atoms with Crippen molar-refractivity contribution in [3.05, 3.63) is 46.8 Å². The summed E-state index contributed by atoms with van der Waals surface area (Å²) < 4.78 is 26.6. The SMILES string of the molecule is CCc1ccc(CN(C)S(=O)(=O)c2c(C)n[nH]c2C)cc1. The summed E-state index contributed by atoms with van der Waals surface area (Å²) in [7, 11) is -1.94. The van der Waals surface area contributed by atoms with Gasteiger partial charge in [-0.15, -0.1) is 0 Å². The van der Waals surface area contributed by atoms with E-state index >= 15 is 0 Å². The van der Waals surface area contributed by atoms with Gasteiger partial charge in [0, 0.05) is 13.6 Å². The maximum Gasteiger partial charge on any atom is 0.246 e. The van der Waals surface area contributed by atoms with Crippen molar-refractivity contribution in [2.45, 2.75) is 38.6 Å². The number of aromatic amines is 1. The Morgan fingerprint density at radius 2 is 1.71 bits per heavy atom. The molecule has 0 saturated carbocycles. The van der Waals surface area contributed by atoms with Gasteiger partial charge in [-0.2, -0.15) is 9.40 Å². The van der Waals surface area contributed by atoms with E-state index in [4.69, 9.17) is 0 Å². The number of rotatable bonds is 5. The summed E-state index contributed by atoms with van der Waals surface area (Å²) in [4.78, 5) is 0.273. The molecular weight excluding hydrogens is 286 g/mol. The molecule has 6 heteroatoms. The van der Waals surface area contributed by atoms with Gasteiger partial charge in [0.05, 0.1) is 11.4 Å². The van der Waals surface area contributed by atoms with Crippen LogP contribution >= 0.6 is 0 Å². The maximum absolute atomic E-state index is 12.6. The largest absolute Gasteiger partial charge is 0.281 e. The fourth-order valence-corrected chi connectivity index (χ4v) is 3.78. The number of nitrogens with one attached hydrogen (secondary N) is 1. The topological polar surface area (TPSA) is 66.1 Å². The van der Waals surface area contributed by atoms with Crippen molar-refractivity contribution in [3.63, 3.8) is 0 Å². The van der Waals surface area contributed by atoms with Crippen LogP contribution in [0.4, 0.5) is 0 Å². The number of hydrogen-bond donors (Lipinski definition) is 1. The molecule has 0 saturated heterocycles. The summed E-state index contributed by atoms with van der Waals surface area (Å²) in [5.74, 6) is 0. The molecule has 0 aliphatic heterocycles. The molecule has 0 fully saturated rings. The van der Waals surface area contributed by atoms with Crippen molar-refractivity contribution in [3.8, 4) is 0 Å². The lowest BCUT2D eigenvalue weighted by atomic mass is 10.1. The van der Waals surface area contributed by atoms with E-state index in [1.54, 1.807) is 20.9 Å². The fraction of sp³-hybridized carbons (Fsp3) is 0.400. The molecule has 2 rings (SSSR count). The molecule has 0 amide bonds. The van der Waals surface area contributed by atoms with Crippen LogP contribution in [-0.4, -0.2) is 30.0 Å². The van der Waals surface area contributed by atoms with Crippen LogP contribution < -0.4 is 0 Å². The Hall–Kier alpha value is -1.66. The van der Waals surface area contributed by atoms with E-state index in [1.807, 2.05) is 24.3 Å². The lowest BCUT2D eigenvalue weighted by Crippen LogP contribution is -2.27. The van der Waals surface area contributed by atoms with Gasteiger partial charge in [-0.3, -0.25) is 5.10 Å². The molecule has 0 aliphatic rings. The van der Waals surface area contributed by atoms with Crippen molar-refractivity contribution in [1.82, 2.24) is 14.5 Å². The van der Waals surface area contributed by atoms with Gasteiger partial charge in [-0.1, -0.05) is 31.2 Å². The molecule has 0 radical (unpaired) electrons. The Bertz CT molecular complexity index is 698. The molecular formula is C15H21N3O2S. The van der Waals surface area contributed by atoms with Crippen LogP contribution in [0.5, 0.6) is 0 Å².